The van der Waals surface area contributed by atoms with Crippen LogP contribution in [0.2, 0.25) is 0 Å². The van der Waals surface area contributed by atoms with E-state index in [0.717, 1.165) is 6.26 Å². The highest BCUT2D eigenvalue weighted by molar-refractivity contribution is 7.88. The van der Waals surface area contributed by atoms with E-state index in [0.29, 0.717) is 0 Å². The predicted molar refractivity (Wildman–Crippen MR) is 66.1 cm³/mol. The first kappa shape index (κ1) is 16.3. The van der Waals surface area contributed by atoms with Crippen molar-refractivity contribution in [2.75, 3.05) is 33.5 Å². The molecule has 0 aromatic heterocycles. The third-order valence-corrected chi connectivity index (χ3v) is 2.87. The van der Waals surface area contributed by atoms with Gasteiger partial charge in [0, 0.05) is 6.54 Å². The minimum Gasteiger partial charge on any atom is -0.463 e. The monoisotopic (exact) mass is 266 g/mol. The van der Waals surface area contributed by atoms with Gasteiger partial charge in [0.25, 0.3) is 0 Å². The van der Waals surface area contributed by atoms with E-state index in [4.69, 9.17) is 4.74 Å². The average Bonchev–Trinajstić information content (AvgIpc) is 2.09. The lowest BCUT2D eigenvalue weighted by molar-refractivity contribution is -0.150. The summed E-state index contributed by atoms with van der Waals surface area (Å²) in [5.41, 5.74) is 0. The lowest BCUT2D eigenvalue weighted by Gasteiger charge is -2.25. The fourth-order valence-corrected chi connectivity index (χ4v) is 2.00. The van der Waals surface area contributed by atoms with Crippen LogP contribution in [-0.4, -0.2) is 58.8 Å². The zero-order valence-electron chi connectivity index (χ0n) is 11.1. The summed E-state index contributed by atoms with van der Waals surface area (Å²) in [7, 11) is 0.386. The van der Waals surface area contributed by atoms with Crippen LogP contribution in [0.25, 0.3) is 0 Å². The molecule has 1 N–H and O–H groups in total. The van der Waals surface area contributed by atoms with Crippen LogP contribution in [0.3, 0.4) is 0 Å². The molecular weight excluding hydrogens is 244 g/mol. The van der Waals surface area contributed by atoms with Crippen LogP contribution in [0.4, 0.5) is 0 Å². The van der Waals surface area contributed by atoms with Crippen LogP contribution >= 0.6 is 0 Å². The summed E-state index contributed by atoms with van der Waals surface area (Å²) < 4.78 is 28.8. The van der Waals surface area contributed by atoms with Gasteiger partial charge >= 0.3 is 5.97 Å². The molecule has 0 heterocycles. The molecule has 0 aliphatic heterocycles. The number of nitrogens with zero attached hydrogens (tertiary/aromatic N) is 1. The summed E-state index contributed by atoms with van der Waals surface area (Å²) in [5, 5.41) is 0. The molecular formula is C10H22N2O4S. The Morgan fingerprint density at radius 2 is 1.88 bits per heavy atom. The van der Waals surface area contributed by atoms with Crippen molar-refractivity contribution in [1.29, 1.82) is 0 Å². The van der Waals surface area contributed by atoms with Gasteiger partial charge in [0.1, 0.15) is 12.6 Å². The van der Waals surface area contributed by atoms with Crippen LogP contribution in [0.1, 0.15) is 13.8 Å². The molecule has 0 fully saturated rings. The minimum atomic E-state index is -3.23. The summed E-state index contributed by atoms with van der Waals surface area (Å²) in [6, 6.07) is -0.312. The molecule has 0 aromatic rings. The van der Waals surface area contributed by atoms with Gasteiger partial charge in [-0.1, -0.05) is 13.8 Å². The zero-order valence-corrected chi connectivity index (χ0v) is 11.9. The number of nitrogens with one attached hydrogen (secondary N) is 1. The maximum absolute atomic E-state index is 11.7. The van der Waals surface area contributed by atoms with Crippen molar-refractivity contribution in [3.8, 4) is 0 Å². The Kier molecular flexibility index (Phi) is 6.66. The SMILES string of the molecule is CC(C)C(C(=O)OCCNS(C)(=O)=O)N(C)C. The second-order valence-corrected chi connectivity index (χ2v) is 6.32. The number of esters is 1. The Hall–Kier alpha value is -0.660. The fourth-order valence-electron chi connectivity index (χ4n) is 1.54. The molecule has 0 rings (SSSR count). The highest BCUT2D eigenvalue weighted by Gasteiger charge is 2.25. The molecule has 0 spiro atoms. The average molecular weight is 266 g/mol. The van der Waals surface area contributed by atoms with E-state index in [-0.39, 0.29) is 31.1 Å². The largest absolute Gasteiger partial charge is 0.463 e. The summed E-state index contributed by atoms with van der Waals surface area (Å²) in [6.45, 7) is 4.01. The van der Waals surface area contributed by atoms with Crippen molar-refractivity contribution in [3.63, 3.8) is 0 Å². The predicted octanol–water partition coefficient (Wildman–Crippen LogP) is -0.335. The van der Waals surface area contributed by atoms with Gasteiger partial charge in [0.2, 0.25) is 10.0 Å². The first-order chi connectivity index (χ1) is 7.65. The molecule has 0 aliphatic rings. The maximum atomic E-state index is 11.7. The van der Waals surface area contributed by atoms with E-state index in [1.165, 1.54) is 0 Å². The summed E-state index contributed by atoms with van der Waals surface area (Å²) in [5.74, 6) is -0.194. The van der Waals surface area contributed by atoms with Crippen LogP contribution in [0, 0.1) is 5.92 Å². The van der Waals surface area contributed by atoms with Crippen LogP contribution in [-0.2, 0) is 19.6 Å². The molecule has 7 heteroatoms. The van der Waals surface area contributed by atoms with Crippen molar-refractivity contribution in [3.05, 3.63) is 0 Å². The zero-order chi connectivity index (χ0) is 13.6. The van der Waals surface area contributed by atoms with Gasteiger partial charge in [-0.15, -0.1) is 0 Å². The number of carbonyl (C=O) groups is 1. The molecule has 0 aliphatic carbocycles. The summed E-state index contributed by atoms with van der Waals surface area (Å²) >= 11 is 0. The maximum Gasteiger partial charge on any atom is 0.323 e. The molecule has 0 amide bonds. The van der Waals surface area contributed by atoms with Crippen molar-refractivity contribution in [2.24, 2.45) is 5.92 Å². The van der Waals surface area contributed by atoms with Crippen molar-refractivity contribution < 1.29 is 17.9 Å². The highest BCUT2D eigenvalue weighted by atomic mass is 32.2. The first-order valence-corrected chi connectivity index (χ1v) is 7.32. The molecule has 0 saturated carbocycles. The van der Waals surface area contributed by atoms with Gasteiger partial charge in [-0.05, 0) is 20.0 Å². The fraction of sp³-hybridized carbons (Fsp3) is 0.900. The molecule has 17 heavy (non-hydrogen) atoms. The molecule has 6 nitrogen and oxygen atoms in total. The Balaban J connectivity index is 4.08. The molecule has 0 radical (unpaired) electrons. The number of sulfonamides is 1. The minimum absolute atomic E-state index is 0.0446. The first-order valence-electron chi connectivity index (χ1n) is 5.43. The second-order valence-electron chi connectivity index (χ2n) is 4.49. The Morgan fingerprint density at radius 3 is 2.24 bits per heavy atom. The van der Waals surface area contributed by atoms with Crippen LogP contribution in [0.15, 0.2) is 0 Å². The van der Waals surface area contributed by atoms with E-state index in [1.54, 1.807) is 19.0 Å². The van der Waals surface area contributed by atoms with E-state index < -0.39 is 10.0 Å². The quantitative estimate of drug-likeness (QED) is 0.504. The molecule has 102 valence electrons. The molecule has 0 bridgehead atoms. The second kappa shape index (κ2) is 6.93. The van der Waals surface area contributed by atoms with Crippen molar-refractivity contribution >= 4 is 16.0 Å². The molecule has 0 aromatic carbocycles. The van der Waals surface area contributed by atoms with E-state index in [9.17, 15) is 13.2 Å². The number of rotatable bonds is 7. The van der Waals surface area contributed by atoms with Gasteiger partial charge < -0.3 is 4.74 Å². The van der Waals surface area contributed by atoms with Gasteiger partial charge in [-0.3, -0.25) is 9.69 Å². The Labute approximate surface area is 103 Å². The lowest BCUT2D eigenvalue weighted by Crippen LogP contribution is -2.42. The van der Waals surface area contributed by atoms with Crippen molar-refractivity contribution in [2.45, 2.75) is 19.9 Å². The standard InChI is InChI=1S/C10H22N2O4S/c1-8(2)9(12(3)4)10(13)16-7-6-11-17(5,14)15/h8-9,11H,6-7H2,1-5H3. The number of hydrogen-bond acceptors (Lipinski definition) is 5. The van der Waals surface area contributed by atoms with Crippen LogP contribution in [0.5, 0.6) is 0 Å². The van der Waals surface area contributed by atoms with Gasteiger partial charge in [-0.25, -0.2) is 13.1 Å². The highest BCUT2D eigenvalue weighted by Crippen LogP contribution is 2.09. The Bertz CT molecular complexity index is 330. The topological polar surface area (TPSA) is 75.7 Å². The smallest absolute Gasteiger partial charge is 0.323 e. The van der Waals surface area contributed by atoms with E-state index >= 15 is 0 Å². The lowest BCUT2D eigenvalue weighted by atomic mass is 10.0. The third-order valence-electron chi connectivity index (χ3n) is 2.14. The molecule has 1 atom stereocenters. The molecule has 1 unspecified atom stereocenters. The van der Waals surface area contributed by atoms with Gasteiger partial charge in [-0.2, -0.15) is 0 Å². The van der Waals surface area contributed by atoms with E-state index in [2.05, 4.69) is 4.72 Å². The van der Waals surface area contributed by atoms with Crippen LogP contribution < -0.4 is 4.72 Å². The molecule has 0 saturated heterocycles. The summed E-state index contributed by atoms with van der Waals surface area (Å²) in [4.78, 5) is 13.5. The number of hydrogen-bond donors (Lipinski definition) is 1. The number of carbonyl (C=O) groups excluding carboxylic acids is 1. The van der Waals surface area contributed by atoms with Gasteiger partial charge in [0.05, 0.1) is 6.26 Å². The number of likely N-dealkylation sites (N-methyl/N-ethyl adjacent to an activating group) is 1. The van der Waals surface area contributed by atoms with Crippen molar-refractivity contribution in [1.82, 2.24) is 9.62 Å². The summed E-state index contributed by atoms with van der Waals surface area (Å²) in [6.07, 6.45) is 1.06. The third kappa shape index (κ3) is 7.30. The normalized spacial score (nSPS) is 14.1. The van der Waals surface area contributed by atoms with Gasteiger partial charge in [0.15, 0.2) is 0 Å². The van der Waals surface area contributed by atoms with E-state index in [1.807, 2.05) is 13.8 Å². The Morgan fingerprint density at radius 1 is 1.35 bits per heavy atom. The number of ether oxygens (including phenoxy) is 1.